The number of carbonyl (C=O) groups excluding carboxylic acids is 2. The second kappa shape index (κ2) is 9.77. The average molecular weight is 404 g/mol. The van der Waals surface area contributed by atoms with Crippen LogP contribution >= 0.6 is 11.3 Å². The maximum Gasteiger partial charge on any atom is 0.277 e. The number of hydrogen-bond acceptors (Lipinski definition) is 5. The van der Waals surface area contributed by atoms with Gasteiger partial charge in [-0.2, -0.15) is 0 Å². The van der Waals surface area contributed by atoms with Crippen LogP contribution in [0.3, 0.4) is 0 Å². The van der Waals surface area contributed by atoms with Gasteiger partial charge in [-0.1, -0.05) is 17.7 Å². The Bertz CT molecular complexity index is 800. The van der Waals surface area contributed by atoms with Crippen LogP contribution in [0.1, 0.15) is 16.3 Å². The Labute approximate surface area is 169 Å². The normalized spacial score (nSPS) is 15.3. The van der Waals surface area contributed by atoms with E-state index in [9.17, 15) is 9.59 Å². The SMILES string of the molecule is Cc1ccc(NC(=O)Cc2nc(C[NH+](C)CC(=O)N3CCOCC3)cs2)cc1. The third kappa shape index (κ3) is 6.12. The van der Waals surface area contributed by atoms with E-state index in [0.717, 1.165) is 26.9 Å². The lowest BCUT2D eigenvalue weighted by molar-refractivity contribution is -0.886. The Balaban J connectivity index is 1.45. The van der Waals surface area contributed by atoms with Crippen molar-refractivity contribution in [2.45, 2.75) is 19.9 Å². The van der Waals surface area contributed by atoms with E-state index in [1.165, 1.54) is 11.3 Å². The highest BCUT2D eigenvalue weighted by atomic mass is 32.1. The molecule has 1 saturated heterocycles. The van der Waals surface area contributed by atoms with Crippen LogP contribution in [0.5, 0.6) is 0 Å². The molecule has 2 N–H and O–H groups in total. The molecule has 0 saturated carbocycles. The number of likely N-dealkylation sites (N-methyl/N-ethyl adjacent to an activating group) is 1. The standard InChI is InChI=1S/C20H26N4O3S/c1-15-3-5-16(6-4-15)21-18(25)11-19-22-17(14-28-19)12-23(2)13-20(26)24-7-9-27-10-8-24/h3-6,14H,7-13H2,1-2H3,(H,21,25)/p+1. The van der Waals surface area contributed by atoms with Crippen molar-refractivity contribution < 1.29 is 19.2 Å². The largest absolute Gasteiger partial charge is 0.378 e. The Hall–Kier alpha value is -2.29. The first-order valence-corrected chi connectivity index (χ1v) is 10.3. The van der Waals surface area contributed by atoms with Crippen LogP contribution in [0.4, 0.5) is 5.69 Å². The molecule has 0 aliphatic carbocycles. The number of quaternary nitrogens is 1. The van der Waals surface area contributed by atoms with E-state index in [-0.39, 0.29) is 18.2 Å². The van der Waals surface area contributed by atoms with Gasteiger partial charge in [-0.15, -0.1) is 11.3 Å². The zero-order valence-electron chi connectivity index (χ0n) is 16.4. The molecule has 28 heavy (non-hydrogen) atoms. The lowest BCUT2D eigenvalue weighted by Gasteiger charge is -2.27. The number of carbonyl (C=O) groups is 2. The van der Waals surface area contributed by atoms with Crippen molar-refractivity contribution in [1.82, 2.24) is 9.88 Å². The number of ether oxygens (including phenoxy) is 1. The molecule has 1 unspecified atom stereocenters. The van der Waals surface area contributed by atoms with Crippen molar-refractivity contribution in [2.24, 2.45) is 0 Å². The van der Waals surface area contributed by atoms with Crippen molar-refractivity contribution >= 4 is 28.8 Å². The monoisotopic (exact) mass is 403 g/mol. The Kier molecular flexibility index (Phi) is 7.13. The smallest absolute Gasteiger partial charge is 0.277 e. The van der Waals surface area contributed by atoms with E-state index in [0.29, 0.717) is 39.4 Å². The minimum absolute atomic E-state index is 0.0760. The molecular formula is C20H27N4O3S+. The van der Waals surface area contributed by atoms with Gasteiger partial charge in [-0.3, -0.25) is 9.59 Å². The van der Waals surface area contributed by atoms with E-state index >= 15 is 0 Å². The van der Waals surface area contributed by atoms with E-state index in [1.807, 2.05) is 48.5 Å². The van der Waals surface area contributed by atoms with Gasteiger partial charge in [0.15, 0.2) is 6.54 Å². The van der Waals surface area contributed by atoms with Gasteiger partial charge in [0.05, 0.1) is 26.7 Å². The molecule has 0 spiro atoms. The summed E-state index contributed by atoms with van der Waals surface area (Å²) in [6.45, 7) is 5.67. The summed E-state index contributed by atoms with van der Waals surface area (Å²) in [6.07, 6.45) is 0.254. The number of anilines is 1. The molecule has 150 valence electrons. The molecule has 1 aromatic carbocycles. The summed E-state index contributed by atoms with van der Waals surface area (Å²) in [5.74, 6) is 0.0710. The summed E-state index contributed by atoms with van der Waals surface area (Å²) in [7, 11) is 1.99. The van der Waals surface area contributed by atoms with Gasteiger partial charge in [0.2, 0.25) is 5.91 Å². The van der Waals surface area contributed by atoms with E-state index in [4.69, 9.17) is 4.74 Å². The lowest BCUT2D eigenvalue weighted by Crippen LogP contribution is -3.09. The first kappa shape index (κ1) is 20.4. The Morgan fingerprint density at radius 2 is 1.96 bits per heavy atom. The van der Waals surface area contributed by atoms with Gasteiger partial charge in [-0.05, 0) is 19.1 Å². The fourth-order valence-corrected chi connectivity index (χ4v) is 3.84. The molecule has 1 fully saturated rings. The van der Waals surface area contributed by atoms with Gasteiger partial charge in [0.1, 0.15) is 17.2 Å². The molecule has 1 atom stereocenters. The van der Waals surface area contributed by atoms with E-state index < -0.39 is 0 Å². The highest BCUT2D eigenvalue weighted by molar-refractivity contribution is 7.09. The van der Waals surface area contributed by atoms with Crippen LogP contribution in [0.25, 0.3) is 0 Å². The van der Waals surface area contributed by atoms with Crippen molar-refractivity contribution in [1.29, 1.82) is 0 Å². The van der Waals surface area contributed by atoms with Gasteiger partial charge >= 0.3 is 0 Å². The highest BCUT2D eigenvalue weighted by Gasteiger charge is 2.21. The Morgan fingerprint density at radius 3 is 2.68 bits per heavy atom. The number of nitrogens with zero attached hydrogens (tertiary/aromatic N) is 2. The predicted molar refractivity (Wildman–Crippen MR) is 108 cm³/mol. The topological polar surface area (TPSA) is 76.0 Å². The molecule has 1 aromatic heterocycles. The van der Waals surface area contributed by atoms with Crippen LogP contribution in [0, 0.1) is 6.92 Å². The molecule has 8 heteroatoms. The van der Waals surface area contributed by atoms with Crippen LogP contribution < -0.4 is 10.2 Å². The quantitative estimate of drug-likeness (QED) is 0.706. The van der Waals surface area contributed by atoms with Crippen molar-refractivity contribution in [2.75, 3.05) is 45.2 Å². The van der Waals surface area contributed by atoms with Crippen LogP contribution in [0.2, 0.25) is 0 Å². The van der Waals surface area contributed by atoms with Crippen LogP contribution in [-0.2, 0) is 27.3 Å². The zero-order valence-corrected chi connectivity index (χ0v) is 17.2. The Morgan fingerprint density at radius 1 is 1.25 bits per heavy atom. The van der Waals surface area contributed by atoms with Gasteiger partial charge < -0.3 is 19.9 Å². The fourth-order valence-electron chi connectivity index (χ4n) is 3.05. The third-order valence-corrected chi connectivity index (χ3v) is 5.44. The second-order valence-corrected chi connectivity index (χ2v) is 8.07. The average Bonchev–Trinajstić information content (AvgIpc) is 3.10. The van der Waals surface area contributed by atoms with Crippen LogP contribution in [-0.4, -0.2) is 61.6 Å². The number of benzene rings is 1. The maximum absolute atomic E-state index is 12.3. The number of nitrogens with one attached hydrogen (secondary N) is 2. The molecular weight excluding hydrogens is 376 g/mol. The summed E-state index contributed by atoms with van der Waals surface area (Å²) in [5.41, 5.74) is 2.86. The highest BCUT2D eigenvalue weighted by Crippen LogP contribution is 2.12. The number of thiazole rings is 1. The summed E-state index contributed by atoms with van der Waals surface area (Å²) in [5, 5.41) is 5.65. The summed E-state index contributed by atoms with van der Waals surface area (Å²) in [6, 6.07) is 7.72. The number of aromatic nitrogens is 1. The molecule has 0 radical (unpaired) electrons. The van der Waals surface area contributed by atoms with E-state index in [2.05, 4.69) is 10.3 Å². The van der Waals surface area contributed by atoms with Crippen molar-refractivity contribution in [3.05, 3.63) is 45.9 Å². The number of morpholine rings is 1. The molecule has 2 amide bonds. The lowest BCUT2D eigenvalue weighted by atomic mass is 10.2. The molecule has 7 nitrogen and oxygen atoms in total. The minimum Gasteiger partial charge on any atom is -0.378 e. The minimum atomic E-state index is -0.0760. The fraction of sp³-hybridized carbons (Fsp3) is 0.450. The van der Waals surface area contributed by atoms with Gasteiger partial charge in [-0.25, -0.2) is 4.98 Å². The zero-order chi connectivity index (χ0) is 19.9. The molecule has 1 aliphatic heterocycles. The summed E-state index contributed by atoms with van der Waals surface area (Å²) < 4.78 is 5.29. The molecule has 1 aliphatic rings. The van der Waals surface area contributed by atoms with E-state index in [1.54, 1.807) is 0 Å². The maximum atomic E-state index is 12.3. The first-order chi connectivity index (χ1) is 13.5. The predicted octanol–water partition coefficient (Wildman–Crippen LogP) is 0.506. The second-order valence-electron chi connectivity index (χ2n) is 7.13. The van der Waals surface area contributed by atoms with Gasteiger partial charge in [0.25, 0.3) is 5.91 Å². The first-order valence-electron chi connectivity index (χ1n) is 9.46. The number of hydrogen-bond donors (Lipinski definition) is 2. The van der Waals surface area contributed by atoms with Crippen molar-refractivity contribution in [3.8, 4) is 0 Å². The van der Waals surface area contributed by atoms with Gasteiger partial charge in [0, 0.05) is 24.2 Å². The molecule has 2 aromatic rings. The summed E-state index contributed by atoms with van der Waals surface area (Å²) in [4.78, 5) is 32.0. The third-order valence-electron chi connectivity index (χ3n) is 4.55. The van der Waals surface area contributed by atoms with Crippen LogP contribution in [0.15, 0.2) is 29.6 Å². The molecule has 3 rings (SSSR count). The summed E-state index contributed by atoms with van der Waals surface area (Å²) >= 11 is 1.48. The number of rotatable bonds is 7. The van der Waals surface area contributed by atoms with Crippen molar-refractivity contribution in [3.63, 3.8) is 0 Å². The number of amides is 2. The molecule has 2 heterocycles. The number of aryl methyl sites for hydroxylation is 1. The molecule has 0 bridgehead atoms.